The van der Waals surface area contributed by atoms with Crippen molar-refractivity contribution in [1.82, 2.24) is 0 Å². The van der Waals surface area contributed by atoms with Crippen molar-refractivity contribution in [2.75, 3.05) is 13.1 Å². The van der Waals surface area contributed by atoms with Gasteiger partial charge in [0.25, 0.3) is 0 Å². The maximum atomic E-state index is 12.9. The van der Waals surface area contributed by atoms with Crippen LogP contribution in [0, 0.1) is 10.8 Å². The summed E-state index contributed by atoms with van der Waals surface area (Å²) in [4.78, 5) is 35.1. The van der Waals surface area contributed by atoms with E-state index in [9.17, 15) is 19.8 Å². The number of carbonyl (C=O) groups is 2. The molecule has 2 rings (SSSR count). The molecule has 0 aromatic carbocycles. The van der Waals surface area contributed by atoms with Gasteiger partial charge in [-0.3, -0.25) is 19.6 Å². The number of Topliss-reactive ketones (excluding diaryl/α,β-unsaturated/α-hetero) is 2. The van der Waals surface area contributed by atoms with Crippen LogP contribution in [0.4, 0.5) is 0 Å². The monoisotopic (exact) mass is 472 g/mol. The highest BCUT2D eigenvalue weighted by atomic mass is 16.3. The molecular formula is C28H44N2O4. The Kier molecular flexibility index (Phi) is 9.84. The fourth-order valence-electron chi connectivity index (χ4n) is 4.73. The van der Waals surface area contributed by atoms with Gasteiger partial charge in [-0.1, -0.05) is 54.4 Å². The number of ketones is 2. The number of hydrogen-bond acceptors (Lipinski definition) is 6. The summed E-state index contributed by atoms with van der Waals surface area (Å²) < 4.78 is 0. The molecule has 2 N–H and O–H groups in total. The number of allylic oxidation sites excluding steroid dienone is 4. The first kappa shape index (κ1) is 28.0. The molecule has 0 aromatic heterocycles. The third-order valence-electron chi connectivity index (χ3n) is 6.51. The van der Waals surface area contributed by atoms with E-state index in [-0.39, 0.29) is 46.8 Å². The van der Waals surface area contributed by atoms with Gasteiger partial charge in [-0.15, -0.1) is 0 Å². The number of aliphatic imine (C=N–C) groups is 2. The zero-order chi connectivity index (χ0) is 25.5. The van der Waals surface area contributed by atoms with Gasteiger partial charge in [0, 0.05) is 50.2 Å². The van der Waals surface area contributed by atoms with Crippen LogP contribution in [0.15, 0.2) is 32.6 Å². The molecule has 2 aliphatic rings. The molecule has 6 nitrogen and oxygen atoms in total. The van der Waals surface area contributed by atoms with Gasteiger partial charge in [0.2, 0.25) is 0 Å². The van der Waals surface area contributed by atoms with E-state index in [2.05, 4.69) is 23.8 Å². The molecular weight excluding hydrogens is 428 g/mol. The van der Waals surface area contributed by atoms with Crippen molar-refractivity contribution in [3.63, 3.8) is 0 Å². The van der Waals surface area contributed by atoms with Crippen molar-refractivity contribution in [3.8, 4) is 0 Å². The highest BCUT2D eigenvalue weighted by molar-refractivity contribution is 6.25. The second-order valence-electron chi connectivity index (χ2n) is 11.4. The van der Waals surface area contributed by atoms with Crippen LogP contribution in [0.5, 0.6) is 0 Å². The Bertz CT molecular complexity index is 829. The summed E-state index contributed by atoms with van der Waals surface area (Å²) in [7, 11) is 0. The summed E-state index contributed by atoms with van der Waals surface area (Å²) in [6, 6.07) is 0. The quantitative estimate of drug-likeness (QED) is 0.223. The molecule has 2 saturated carbocycles. The van der Waals surface area contributed by atoms with Gasteiger partial charge in [-0.25, -0.2) is 0 Å². The first-order valence-corrected chi connectivity index (χ1v) is 12.9. The molecule has 0 aliphatic heterocycles. The normalized spacial score (nSPS) is 25.7. The fraction of sp³-hybridized carbons (Fsp3) is 0.714. The van der Waals surface area contributed by atoms with Gasteiger partial charge in [0.05, 0.1) is 11.1 Å². The molecule has 2 aliphatic carbocycles. The van der Waals surface area contributed by atoms with Crippen LogP contribution in [-0.2, 0) is 9.59 Å². The largest absolute Gasteiger partial charge is 0.511 e. The second kappa shape index (κ2) is 11.9. The summed E-state index contributed by atoms with van der Waals surface area (Å²) in [5, 5.41) is 21.8. The number of hydrogen-bond donors (Lipinski definition) is 2. The minimum absolute atomic E-state index is 0.0454. The van der Waals surface area contributed by atoms with Gasteiger partial charge >= 0.3 is 0 Å². The molecule has 0 saturated heterocycles. The van der Waals surface area contributed by atoms with Crippen molar-refractivity contribution in [2.45, 2.75) is 106 Å². The summed E-state index contributed by atoms with van der Waals surface area (Å²) >= 11 is 0. The van der Waals surface area contributed by atoms with E-state index in [0.29, 0.717) is 61.3 Å². The molecule has 2 fully saturated rings. The molecule has 0 amide bonds. The maximum Gasteiger partial charge on any atom is 0.168 e. The third kappa shape index (κ3) is 7.64. The van der Waals surface area contributed by atoms with Crippen molar-refractivity contribution >= 4 is 23.0 Å². The second-order valence-corrected chi connectivity index (χ2v) is 11.4. The van der Waals surface area contributed by atoms with Gasteiger partial charge < -0.3 is 10.2 Å². The first-order chi connectivity index (χ1) is 15.9. The number of rotatable bonds is 9. The average Bonchev–Trinajstić information content (AvgIpc) is 2.70. The van der Waals surface area contributed by atoms with Crippen LogP contribution in [0.25, 0.3) is 0 Å². The lowest BCUT2D eigenvalue weighted by Crippen LogP contribution is -2.33. The molecule has 34 heavy (non-hydrogen) atoms. The molecule has 190 valence electrons. The van der Waals surface area contributed by atoms with E-state index in [1.807, 2.05) is 27.7 Å². The van der Waals surface area contributed by atoms with Crippen LogP contribution in [0.2, 0.25) is 0 Å². The standard InChI is InChI=1S/C28H44N2O4/c1-7-9-13-29-19-15-27(3,4)17-23(33)25(19)21(31)11-12-22(32)26-20(30-14-10-8-2)16-28(5,6)18-24(26)34/h31-32H,7-18H2,1-6H3/b25-21+,26-22+,29-19?,30-20?. The third-order valence-corrected chi connectivity index (χ3v) is 6.51. The Labute approximate surface area is 205 Å². The number of aliphatic hydroxyl groups is 2. The smallest absolute Gasteiger partial charge is 0.168 e. The lowest BCUT2D eigenvalue weighted by atomic mass is 9.72. The Morgan fingerprint density at radius 1 is 0.706 bits per heavy atom. The summed E-state index contributed by atoms with van der Waals surface area (Å²) in [5.74, 6) is -0.297. The van der Waals surface area contributed by atoms with Crippen LogP contribution < -0.4 is 0 Å². The van der Waals surface area contributed by atoms with Crippen LogP contribution in [0.3, 0.4) is 0 Å². The highest BCUT2D eigenvalue weighted by Crippen LogP contribution is 2.38. The van der Waals surface area contributed by atoms with Crippen molar-refractivity contribution in [2.24, 2.45) is 20.8 Å². The predicted molar refractivity (Wildman–Crippen MR) is 139 cm³/mol. The molecule has 0 unspecified atom stereocenters. The van der Waals surface area contributed by atoms with E-state index < -0.39 is 0 Å². The Hall–Kier alpha value is -2.24. The van der Waals surface area contributed by atoms with Gasteiger partial charge in [0.15, 0.2) is 11.6 Å². The number of aliphatic hydroxyl groups excluding tert-OH is 2. The lowest BCUT2D eigenvalue weighted by Gasteiger charge is -2.32. The van der Waals surface area contributed by atoms with Crippen LogP contribution in [-0.4, -0.2) is 46.3 Å². The number of unbranched alkanes of at least 4 members (excludes halogenated alkanes) is 2. The van der Waals surface area contributed by atoms with E-state index in [4.69, 9.17) is 0 Å². The molecule has 0 heterocycles. The number of carbonyl (C=O) groups excluding carboxylic acids is 2. The molecule has 0 radical (unpaired) electrons. The Balaban J connectivity index is 2.32. The predicted octanol–water partition coefficient (Wildman–Crippen LogP) is 6.65. The molecule has 0 atom stereocenters. The van der Waals surface area contributed by atoms with E-state index in [1.165, 1.54) is 0 Å². The minimum atomic E-state index is -0.193. The number of nitrogens with zero attached hydrogens (tertiary/aromatic N) is 2. The Morgan fingerprint density at radius 3 is 1.38 bits per heavy atom. The van der Waals surface area contributed by atoms with E-state index >= 15 is 0 Å². The van der Waals surface area contributed by atoms with Crippen molar-refractivity contribution in [1.29, 1.82) is 0 Å². The first-order valence-electron chi connectivity index (χ1n) is 12.9. The van der Waals surface area contributed by atoms with Crippen molar-refractivity contribution in [3.05, 3.63) is 22.7 Å². The zero-order valence-electron chi connectivity index (χ0n) is 22.1. The molecule has 6 heteroatoms. The zero-order valence-corrected chi connectivity index (χ0v) is 22.1. The lowest BCUT2D eigenvalue weighted by molar-refractivity contribution is -0.118. The van der Waals surface area contributed by atoms with Crippen LogP contribution in [0.1, 0.15) is 106 Å². The molecule has 0 bridgehead atoms. The maximum absolute atomic E-state index is 12.9. The van der Waals surface area contributed by atoms with Crippen LogP contribution >= 0.6 is 0 Å². The highest BCUT2D eigenvalue weighted by Gasteiger charge is 2.37. The van der Waals surface area contributed by atoms with Gasteiger partial charge in [-0.2, -0.15) is 0 Å². The minimum Gasteiger partial charge on any atom is -0.511 e. The topological polar surface area (TPSA) is 99.3 Å². The fourth-order valence-corrected chi connectivity index (χ4v) is 4.73. The van der Waals surface area contributed by atoms with Gasteiger partial charge in [0.1, 0.15) is 11.5 Å². The van der Waals surface area contributed by atoms with E-state index in [0.717, 1.165) is 25.7 Å². The summed E-state index contributed by atoms with van der Waals surface area (Å²) in [5.41, 5.74) is 1.55. The summed E-state index contributed by atoms with van der Waals surface area (Å²) in [6.07, 6.45) is 6.02. The van der Waals surface area contributed by atoms with Gasteiger partial charge in [-0.05, 0) is 36.5 Å². The average molecular weight is 473 g/mol. The van der Waals surface area contributed by atoms with Crippen molar-refractivity contribution < 1.29 is 19.8 Å². The summed E-state index contributed by atoms with van der Waals surface area (Å²) in [6.45, 7) is 13.6. The SMILES string of the molecule is CCCCN=C1CC(C)(C)CC(=O)/C1=C(/O)CC/C(O)=C1\C(=O)CC(C)(C)CC1=NCCCC. The van der Waals surface area contributed by atoms with E-state index in [1.54, 1.807) is 0 Å². The molecule has 0 spiro atoms. The molecule has 0 aromatic rings. The Morgan fingerprint density at radius 2 is 1.06 bits per heavy atom.